The molecular weight excluding hydrogens is 258 g/mol. The van der Waals surface area contributed by atoms with E-state index in [9.17, 15) is 10.1 Å². The quantitative estimate of drug-likeness (QED) is 0.540. The summed E-state index contributed by atoms with van der Waals surface area (Å²) in [5.74, 6) is 0.431. The molecule has 102 valence electrons. The van der Waals surface area contributed by atoms with Crippen molar-refractivity contribution >= 4 is 16.7 Å². The largest absolute Gasteiger partial charge is 0.334 e. The lowest BCUT2D eigenvalue weighted by Crippen LogP contribution is -2.04. The first-order valence-electron chi connectivity index (χ1n) is 6.26. The standard InChI is InChI=1S/C13H13N5O2/c1-3-9-12(18(19)20)13(16(2)15-9)17-8-14-10-6-4-5-7-11(10)17/h4-8H,3H2,1-2H3. The van der Waals surface area contributed by atoms with Crippen LogP contribution in [0.2, 0.25) is 0 Å². The molecule has 0 bridgehead atoms. The molecule has 0 amide bonds. The third kappa shape index (κ3) is 1.67. The smallest absolute Gasteiger partial charge is 0.277 e. The monoisotopic (exact) mass is 271 g/mol. The second kappa shape index (κ2) is 4.44. The van der Waals surface area contributed by atoms with E-state index < -0.39 is 0 Å². The third-order valence-corrected chi connectivity index (χ3v) is 3.26. The van der Waals surface area contributed by atoms with Gasteiger partial charge >= 0.3 is 5.69 Å². The number of rotatable bonds is 3. The summed E-state index contributed by atoms with van der Waals surface area (Å²) in [5, 5.41) is 15.6. The second-order valence-corrected chi connectivity index (χ2v) is 4.46. The normalized spacial score (nSPS) is 11.1. The highest BCUT2D eigenvalue weighted by Crippen LogP contribution is 2.29. The van der Waals surface area contributed by atoms with E-state index in [0.29, 0.717) is 17.9 Å². The average molecular weight is 271 g/mol. The Morgan fingerprint density at radius 2 is 2.10 bits per heavy atom. The fourth-order valence-corrected chi connectivity index (χ4v) is 2.38. The molecule has 3 aromatic rings. The predicted molar refractivity (Wildman–Crippen MR) is 73.9 cm³/mol. The van der Waals surface area contributed by atoms with Crippen molar-refractivity contribution in [3.63, 3.8) is 0 Å². The van der Waals surface area contributed by atoms with Gasteiger partial charge in [-0.15, -0.1) is 0 Å². The number of imidazole rings is 1. The van der Waals surface area contributed by atoms with Gasteiger partial charge in [-0.1, -0.05) is 19.1 Å². The van der Waals surface area contributed by atoms with Gasteiger partial charge in [0.25, 0.3) is 0 Å². The van der Waals surface area contributed by atoms with Crippen molar-refractivity contribution < 1.29 is 4.92 Å². The third-order valence-electron chi connectivity index (χ3n) is 3.26. The zero-order valence-corrected chi connectivity index (χ0v) is 11.1. The molecule has 0 saturated heterocycles. The van der Waals surface area contributed by atoms with Crippen molar-refractivity contribution in [2.24, 2.45) is 7.05 Å². The van der Waals surface area contributed by atoms with Crippen LogP contribution in [0, 0.1) is 10.1 Å². The number of nitro groups is 1. The molecule has 0 aliphatic carbocycles. The summed E-state index contributed by atoms with van der Waals surface area (Å²) in [6.07, 6.45) is 2.10. The Morgan fingerprint density at radius 3 is 2.80 bits per heavy atom. The lowest BCUT2D eigenvalue weighted by molar-refractivity contribution is -0.385. The van der Waals surface area contributed by atoms with Crippen LogP contribution in [-0.4, -0.2) is 24.3 Å². The van der Waals surface area contributed by atoms with Crippen molar-refractivity contribution in [3.8, 4) is 5.82 Å². The minimum Gasteiger partial charge on any atom is -0.277 e. The van der Waals surface area contributed by atoms with E-state index in [2.05, 4.69) is 10.1 Å². The first-order valence-corrected chi connectivity index (χ1v) is 6.26. The molecule has 0 fully saturated rings. The van der Waals surface area contributed by atoms with Gasteiger partial charge in [0.05, 0.1) is 16.0 Å². The topological polar surface area (TPSA) is 78.8 Å². The Morgan fingerprint density at radius 1 is 1.35 bits per heavy atom. The number of hydrogen-bond donors (Lipinski definition) is 0. The fourth-order valence-electron chi connectivity index (χ4n) is 2.38. The number of nitrogens with zero attached hydrogens (tertiary/aromatic N) is 5. The van der Waals surface area contributed by atoms with Crippen LogP contribution in [0.15, 0.2) is 30.6 Å². The predicted octanol–water partition coefficient (Wildman–Crippen LogP) is 2.23. The van der Waals surface area contributed by atoms with E-state index >= 15 is 0 Å². The van der Waals surface area contributed by atoms with Crippen LogP contribution in [0.3, 0.4) is 0 Å². The highest BCUT2D eigenvalue weighted by atomic mass is 16.6. The summed E-state index contributed by atoms with van der Waals surface area (Å²) in [6, 6.07) is 7.51. The molecule has 2 aromatic heterocycles. The van der Waals surface area contributed by atoms with Crippen molar-refractivity contribution in [2.75, 3.05) is 0 Å². The highest BCUT2D eigenvalue weighted by molar-refractivity contribution is 5.78. The molecule has 0 aliphatic heterocycles. The minimum absolute atomic E-state index is 0.0400. The Labute approximate surface area is 114 Å². The van der Waals surface area contributed by atoms with E-state index in [1.54, 1.807) is 17.9 Å². The fraction of sp³-hybridized carbons (Fsp3) is 0.231. The molecule has 7 heteroatoms. The summed E-state index contributed by atoms with van der Waals surface area (Å²) in [5.41, 5.74) is 2.13. The van der Waals surface area contributed by atoms with Crippen LogP contribution in [0.1, 0.15) is 12.6 Å². The molecule has 3 rings (SSSR count). The molecule has 0 unspecified atom stereocenters. The van der Waals surface area contributed by atoms with Crippen LogP contribution < -0.4 is 0 Å². The lowest BCUT2D eigenvalue weighted by atomic mass is 10.3. The SMILES string of the molecule is CCc1nn(C)c(-n2cnc3ccccc32)c1[N+](=O)[O-]. The van der Waals surface area contributed by atoms with Crippen molar-refractivity contribution in [1.82, 2.24) is 19.3 Å². The molecule has 0 radical (unpaired) electrons. The molecule has 0 N–H and O–H groups in total. The van der Waals surface area contributed by atoms with E-state index in [1.165, 1.54) is 4.68 Å². The Hall–Kier alpha value is -2.70. The maximum Gasteiger partial charge on any atom is 0.334 e. The molecule has 0 spiro atoms. The number of aryl methyl sites for hydroxylation is 2. The Bertz CT molecular complexity index is 802. The average Bonchev–Trinajstić information content (AvgIpc) is 2.99. The Balaban J connectivity index is 2.34. The van der Waals surface area contributed by atoms with Gasteiger partial charge in [0.2, 0.25) is 5.82 Å². The summed E-state index contributed by atoms with van der Waals surface area (Å²) >= 11 is 0. The van der Waals surface area contributed by atoms with E-state index in [0.717, 1.165) is 11.0 Å². The van der Waals surface area contributed by atoms with Crippen LogP contribution in [0.4, 0.5) is 5.69 Å². The summed E-state index contributed by atoms with van der Waals surface area (Å²) in [4.78, 5) is 15.3. The van der Waals surface area contributed by atoms with Crippen LogP contribution in [-0.2, 0) is 13.5 Å². The van der Waals surface area contributed by atoms with Gasteiger partial charge in [0.15, 0.2) is 0 Å². The number of benzene rings is 1. The molecule has 0 atom stereocenters. The number of hydrogen-bond acceptors (Lipinski definition) is 4. The summed E-state index contributed by atoms with van der Waals surface area (Å²) in [6.45, 7) is 1.85. The van der Waals surface area contributed by atoms with Gasteiger partial charge < -0.3 is 0 Å². The van der Waals surface area contributed by atoms with Gasteiger partial charge in [0.1, 0.15) is 12.0 Å². The van der Waals surface area contributed by atoms with Crippen LogP contribution in [0.5, 0.6) is 0 Å². The zero-order chi connectivity index (χ0) is 14.3. The van der Waals surface area contributed by atoms with Gasteiger partial charge in [-0.3, -0.25) is 14.7 Å². The number of para-hydroxylation sites is 2. The van der Waals surface area contributed by atoms with Crippen molar-refractivity contribution in [2.45, 2.75) is 13.3 Å². The first kappa shape index (κ1) is 12.3. The minimum atomic E-state index is -0.379. The van der Waals surface area contributed by atoms with Gasteiger partial charge in [-0.25, -0.2) is 9.67 Å². The van der Waals surface area contributed by atoms with E-state index in [4.69, 9.17) is 0 Å². The number of aromatic nitrogens is 4. The second-order valence-electron chi connectivity index (χ2n) is 4.46. The summed E-state index contributed by atoms with van der Waals surface area (Å²) in [7, 11) is 1.70. The molecule has 0 aliphatic rings. The lowest BCUT2D eigenvalue weighted by Gasteiger charge is -2.03. The van der Waals surface area contributed by atoms with Crippen molar-refractivity contribution in [1.29, 1.82) is 0 Å². The summed E-state index contributed by atoms with van der Waals surface area (Å²) < 4.78 is 3.24. The van der Waals surface area contributed by atoms with Gasteiger partial charge in [-0.2, -0.15) is 5.10 Å². The molecule has 0 saturated carbocycles. The number of fused-ring (bicyclic) bond motifs is 1. The van der Waals surface area contributed by atoms with Gasteiger partial charge in [0, 0.05) is 7.05 Å². The Kier molecular flexibility index (Phi) is 2.74. The van der Waals surface area contributed by atoms with Crippen LogP contribution >= 0.6 is 0 Å². The van der Waals surface area contributed by atoms with Crippen molar-refractivity contribution in [3.05, 3.63) is 46.4 Å². The molecule has 20 heavy (non-hydrogen) atoms. The molecular formula is C13H13N5O2. The van der Waals surface area contributed by atoms with E-state index in [-0.39, 0.29) is 10.6 Å². The van der Waals surface area contributed by atoms with Crippen LogP contribution in [0.25, 0.3) is 16.9 Å². The maximum absolute atomic E-state index is 11.4. The van der Waals surface area contributed by atoms with E-state index in [1.807, 2.05) is 31.2 Å². The zero-order valence-electron chi connectivity index (χ0n) is 11.1. The van der Waals surface area contributed by atoms with Gasteiger partial charge in [-0.05, 0) is 18.6 Å². The maximum atomic E-state index is 11.4. The molecule has 7 nitrogen and oxygen atoms in total. The first-order chi connectivity index (χ1) is 9.63. The molecule has 2 heterocycles. The molecule has 1 aromatic carbocycles. The highest BCUT2D eigenvalue weighted by Gasteiger charge is 2.27.